The van der Waals surface area contributed by atoms with Crippen LogP contribution in [-0.2, 0) is 27.2 Å². The van der Waals surface area contributed by atoms with Gasteiger partial charge in [0.25, 0.3) is 0 Å². The summed E-state index contributed by atoms with van der Waals surface area (Å²) in [5.41, 5.74) is 2.13. The van der Waals surface area contributed by atoms with Gasteiger partial charge in [-0.2, -0.15) is 0 Å². The molecule has 0 aliphatic rings. The fraction of sp³-hybridized carbons (Fsp3) is 0.227. The molecule has 3 rings (SSSR count). The fourth-order valence-electron chi connectivity index (χ4n) is 2.87. The smallest absolute Gasteiger partial charge is 0.328 e. The Morgan fingerprint density at radius 3 is 2.50 bits per heavy atom. The zero-order valence-electron chi connectivity index (χ0n) is 16.2. The SMILES string of the molecule is COC(=O)[C@H](Cc1ccccc1)NC(=O)[C@@H](O)Cc1csc(-c2ccc(F)cc2)n1. The van der Waals surface area contributed by atoms with E-state index < -0.39 is 24.0 Å². The molecule has 0 fully saturated rings. The Hall–Kier alpha value is -3.10. The summed E-state index contributed by atoms with van der Waals surface area (Å²) in [6.45, 7) is 0. The largest absolute Gasteiger partial charge is 0.467 e. The molecule has 0 spiro atoms. The van der Waals surface area contributed by atoms with Crippen molar-refractivity contribution in [2.45, 2.75) is 25.0 Å². The van der Waals surface area contributed by atoms with E-state index in [0.717, 1.165) is 11.1 Å². The van der Waals surface area contributed by atoms with E-state index in [1.54, 1.807) is 17.5 Å². The van der Waals surface area contributed by atoms with Crippen molar-refractivity contribution in [2.75, 3.05) is 7.11 Å². The molecule has 0 radical (unpaired) electrons. The number of aromatic nitrogens is 1. The second-order valence-corrected chi connectivity index (χ2v) is 7.50. The predicted octanol–water partition coefficient (Wildman–Crippen LogP) is 2.75. The van der Waals surface area contributed by atoms with Crippen LogP contribution >= 0.6 is 11.3 Å². The third-order valence-corrected chi connectivity index (χ3v) is 5.37. The number of hydrogen-bond donors (Lipinski definition) is 2. The van der Waals surface area contributed by atoms with Crippen molar-refractivity contribution in [3.63, 3.8) is 0 Å². The number of benzene rings is 2. The summed E-state index contributed by atoms with van der Waals surface area (Å²) in [6, 6.07) is 14.2. The lowest BCUT2D eigenvalue weighted by Crippen LogP contribution is -2.47. The molecule has 0 bridgehead atoms. The summed E-state index contributed by atoms with van der Waals surface area (Å²) < 4.78 is 17.8. The number of hydrogen-bond acceptors (Lipinski definition) is 6. The number of carbonyl (C=O) groups excluding carboxylic acids is 2. The lowest BCUT2D eigenvalue weighted by Gasteiger charge is -2.18. The van der Waals surface area contributed by atoms with Crippen LogP contribution in [0.25, 0.3) is 10.6 Å². The lowest BCUT2D eigenvalue weighted by molar-refractivity contribution is -0.146. The molecule has 156 valence electrons. The molecule has 1 amide bonds. The maximum absolute atomic E-state index is 13.1. The first-order chi connectivity index (χ1) is 14.5. The number of halogens is 1. The predicted molar refractivity (Wildman–Crippen MR) is 111 cm³/mol. The van der Waals surface area contributed by atoms with Gasteiger partial charge in [-0.3, -0.25) is 4.79 Å². The minimum absolute atomic E-state index is 0.0112. The van der Waals surface area contributed by atoms with Gasteiger partial charge in [0, 0.05) is 23.8 Å². The number of nitrogens with zero attached hydrogens (tertiary/aromatic N) is 1. The Kier molecular flexibility index (Phi) is 7.26. The minimum Gasteiger partial charge on any atom is -0.467 e. The molecular weight excluding hydrogens is 407 g/mol. The monoisotopic (exact) mass is 428 g/mol. The molecule has 1 aromatic heterocycles. The molecule has 8 heteroatoms. The van der Waals surface area contributed by atoms with E-state index in [-0.39, 0.29) is 18.7 Å². The average molecular weight is 428 g/mol. The summed E-state index contributed by atoms with van der Waals surface area (Å²) in [6.07, 6.45) is -1.14. The summed E-state index contributed by atoms with van der Waals surface area (Å²) in [7, 11) is 1.25. The van der Waals surface area contributed by atoms with Gasteiger partial charge in [0.1, 0.15) is 23.0 Å². The topological polar surface area (TPSA) is 88.5 Å². The van der Waals surface area contributed by atoms with Gasteiger partial charge in [-0.15, -0.1) is 11.3 Å². The fourth-order valence-corrected chi connectivity index (χ4v) is 3.71. The van der Waals surface area contributed by atoms with Crippen LogP contribution < -0.4 is 5.32 Å². The van der Waals surface area contributed by atoms with Gasteiger partial charge in [-0.1, -0.05) is 30.3 Å². The third-order valence-electron chi connectivity index (χ3n) is 4.43. The van der Waals surface area contributed by atoms with Crippen LogP contribution in [0.5, 0.6) is 0 Å². The van der Waals surface area contributed by atoms with Gasteiger partial charge in [0.15, 0.2) is 0 Å². The van der Waals surface area contributed by atoms with E-state index in [4.69, 9.17) is 4.74 Å². The number of rotatable bonds is 8. The Bertz CT molecular complexity index is 992. The Labute approximate surface area is 177 Å². The van der Waals surface area contributed by atoms with E-state index in [2.05, 4.69) is 10.3 Å². The molecule has 2 N–H and O–H groups in total. The summed E-state index contributed by atoms with van der Waals surface area (Å²) in [4.78, 5) is 28.9. The number of esters is 1. The Morgan fingerprint density at radius 1 is 1.13 bits per heavy atom. The number of nitrogens with one attached hydrogen (secondary N) is 1. The zero-order valence-corrected chi connectivity index (χ0v) is 17.1. The normalized spacial score (nSPS) is 12.8. The van der Waals surface area contributed by atoms with E-state index in [0.29, 0.717) is 10.7 Å². The number of aliphatic hydroxyl groups is 1. The van der Waals surface area contributed by atoms with Crippen LogP contribution in [0, 0.1) is 5.82 Å². The van der Waals surface area contributed by atoms with Crippen molar-refractivity contribution in [1.29, 1.82) is 0 Å². The Morgan fingerprint density at radius 2 is 1.83 bits per heavy atom. The van der Waals surface area contributed by atoms with Crippen LogP contribution in [0.4, 0.5) is 4.39 Å². The van der Waals surface area contributed by atoms with Crippen molar-refractivity contribution < 1.29 is 23.8 Å². The second kappa shape index (κ2) is 10.1. The minimum atomic E-state index is -1.38. The van der Waals surface area contributed by atoms with Gasteiger partial charge < -0.3 is 15.2 Å². The van der Waals surface area contributed by atoms with Crippen LogP contribution in [0.1, 0.15) is 11.3 Å². The molecule has 0 saturated carbocycles. The standard InChI is InChI=1S/C22H21FN2O4S/c1-29-22(28)18(11-14-5-3-2-4-6-14)25-20(27)19(26)12-17-13-30-21(24-17)15-7-9-16(23)10-8-15/h2-10,13,18-19,26H,11-12H2,1H3,(H,25,27)/t18-,19-/m0/s1. The molecule has 6 nitrogen and oxygen atoms in total. The number of carbonyl (C=O) groups is 2. The molecule has 2 aromatic carbocycles. The first kappa shape index (κ1) is 21.6. The van der Waals surface area contributed by atoms with E-state index in [1.807, 2.05) is 30.3 Å². The van der Waals surface area contributed by atoms with Crippen molar-refractivity contribution in [1.82, 2.24) is 10.3 Å². The number of aliphatic hydroxyl groups excluding tert-OH is 1. The zero-order chi connectivity index (χ0) is 21.5. The maximum atomic E-state index is 13.1. The van der Waals surface area contributed by atoms with Crippen LogP contribution in [0.2, 0.25) is 0 Å². The summed E-state index contributed by atoms with van der Waals surface area (Å²) in [5, 5.41) is 15.3. The lowest BCUT2D eigenvalue weighted by atomic mass is 10.1. The van der Waals surface area contributed by atoms with Crippen molar-refractivity contribution >= 4 is 23.2 Å². The van der Waals surface area contributed by atoms with Gasteiger partial charge in [-0.25, -0.2) is 14.2 Å². The molecular formula is C22H21FN2O4S. The molecule has 0 aliphatic carbocycles. The number of thiazole rings is 1. The van der Waals surface area contributed by atoms with E-state index >= 15 is 0 Å². The maximum Gasteiger partial charge on any atom is 0.328 e. The van der Waals surface area contributed by atoms with Crippen LogP contribution in [-0.4, -0.2) is 41.2 Å². The third kappa shape index (κ3) is 5.71. The highest BCUT2D eigenvalue weighted by atomic mass is 32.1. The first-order valence-corrected chi connectivity index (χ1v) is 10.1. The molecule has 0 aliphatic heterocycles. The molecule has 2 atom stereocenters. The molecule has 1 heterocycles. The second-order valence-electron chi connectivity index (χ2n) is 6.64. The number of ether oxygens (including phenoxy) is 1. The van der Waals surface area contributed by atoms with Crippen molar-refractivity contribution in [3.8, 4) is 10.6 Å². The van der Waals surface area contributed by atoms with Crippen LogP contribution in [0.3, 0.4) is 0 Å². The van der Waals surface area contributed by atoms with Crippen molar-refractivity contribution in [3.05, 3.63) is 77.1 Å². The molecule has 0 saturated heterocycles. The van der Waals surface area contributed by atoms with Gasteiger partial charge in [-0.05, 0) is 29.8 Å². The van der Waals surface area contributed by atoms with Gasteiger partial charge in [0.05, 0.1) is 12.8 Å². The molecule has 30 heavy (non-hydrogen) atoms. The van der Waals surface area contributed by atoms with E-state index in [1.165, 1.54) is 30.6 Å². The van der Waals surface area contributed by atoms with Crippen LogP contribution in [0.15, 0.2) is 60.0 Å². The van der Waals surface area contributed by atoms with Crippen molar-refractivity contribution in [2.24, 2.45) is 0 Å². The number of amides is 1. The molecule has 0 unspecified atom stereocenters. The summed E-state index contributed by atoms with van der Waals surface area (Å²) in [5.74, 6) is -1.61. The highest BCUT2D eigenvalue weighted by Crippen LogP contribution is 2.24. The quantitative estimate of drug-likeness (QED) is 0.539. The highest BCUT2D eigenvalue weighted by Gasteiger charge is 2.26. The number of methoxy groups -OCH3 is 1. The van der Waals surface area contributed by atoms with Gasteiger partial charge >= 0.3 is 5.97 Å². The average Bonchev–Trinajstić information content (AvgIpc) is 3.22. The molecule has 3 aromatic rings. The Balaban J connectivity index is 1.62. The first-order valence-electron chi connectivity index (χ1n) is 9.27. The van der Waals surface area contributed by atoms with Gasteiger partial charge in [0.2, 0.25) is 5.91 Å². The summed E-state index contributed by atoms with van der Waals surface area (Å²) >= 11 is 1.34. The van der Waals surface area contributed by atoms with E-state index in [9.17, 15) is 19.1 Å². The highest BCUT2D eigenvalue weighted by molar-refractivity contribution is 7.13.